The van der Waals surface area contributed by atoms with E-state index in [0.717, 1.165) is 0 Å². The third-order valence-electron chi connectivity index (χ3n) is 2.78. The molecule has 2 aromatic rings. The number of hydrogen-bond acceptors (Lipinski definition) is 4. The molecule has 0 saturated carbocycles. The summed E-state index contributed by atoms with van der Waals surface area (Å²) in [7, 11) is 0. The lowest BCUT2D eigenvalue weighted by Crippen LogP contribution is -2.20. The number of anilines is 1. The predicted octanol–water partition coefficient (Wildman–Crippen LogP) is 3.83. The zero-order valence-electron chi connectivity index (χ0n) is 12.1. The van der Waals surface area contributed by atoms with Gasteiger partial charge in [-0.15, -0.1) is 0 Å². The van der Waals surface area contributed by atoms with Crippen molar-refractivity contribution in [3.8, 4) is 17.6 Å². The van der Waals surface area contributed by atoms with Crippen molar-refractivity contribution < 1.29 is 23.0 Å². The van der Waals surface area contributed by atoms with Gasteiger partial charge >= 0.3 is 6.61 Å². The molecular formula is C16H11ClF2N2O3. The fraction of sp³-hybridized carbons (Fsp3) is 0.125. The summed E-state index contributed by atoms with van der Waals surface area (Å²) in [6.45, 7) is -3.21. The monoisotopic (exact) mass is 352 g/mol. The Labute approximate surface area is 141 Å². The van der Waals surface area contributed by atoms with Crippen LogP contribution in [0.2, 0.25) is 5.02 Å². The molecule has 1 N–H and O–H groups in total. The Balaban J connectivity index is 1.88. The number of amides is 1. The van der Waals surface area contributed by atoms with Crippen molar-refractivity contribution in [2.24, 2.45) is 0 Å². The minimum Gasteiger partial charge on any atom is -0.482 e. The Bertz CT molecular complexity index is 761. The molecule has 2 aromatic carbocycles. The summed E-state index contributed by atoms with van der Waals surface area (Å²) in [6, 6.07) is 11.8. The smallest absolute Gasteiger partial charge is 0.387 e. The van der Waals surface area contributed by atoms with Crippen LogP contribution in [0.5, 0.6) is 11.5 Å². The summed E-state index contributed by atoms with van der Waals surface area (Å²) in [5, 5.41) is 11.5. The van der Waals surface area contributed by atoms with Gasteiger partial charge in [0.25, 0.3) is 5.91 Å². The standard InChI is InChI=1S/C16H11ClF2N2O3/c17-13-7-10(8-20)1-6-14(13)23-9-15(22)21-11-2-4-12(5-3-11)24-16(18)19/h1-7,16H,9H2,(H,21,22). The van der Waals surface area contributed by atoms with Gasteiger partial charge in [-0.05, 0) is 42.5 Å². The molecule has 0 fully saturated rings. The zero-order chi connectivity index (χ0) is 17.5. The third-order valence-corrected chi connectivity index (χ3v) is 3.08. The van der Waals surface area contributed by atoms with Gasteiger partial charge in [-0.1, -0.05) is 11.6 Å². The predicted molar refractivity (Wildman–Crippen MR) is 83.4 cm³/mol. The van der Waals surface area contributed by atoms with Crippen LogP contribution in [0.4, 0.5) is 14.5 Å². The molecule has 0 radical (unpaired) electrons. The van der Waals surface area contributed by atoms with Gasteiger partial charge in [-0.25, -0.2) is 0 Å². The van der Waals surface area contributed by atoms with Crippen LogP contribution in [0.3, 0.4) is 0 Å². The van der Waals surface area contributed by atoms with Crippen molar-refractivity contribution in [1.82, 2.24) is 0 Å². The molecule has 0 aliphatic carbocycles. The average Bonchev–Trinajstić information content (AvgIpc) is 2.55. The minimum absolute atomic E-state index is 0.0105. The van der Waals surface area contributed by atoms with Gasteiger partial charge in [0, 0.05) is 5.69 Å². The van der Waals surface area contributed by atoms with Gasteiger partial charge in [-0.2, -0.15) is 14.0 Å². The van der Waals surface area contributed by atoms with Crippen LogP contribution in [0.15, 0.2) is 42.5 Å². The molecule has 0 aromatic heterocycles. The number of nitrogens with zero attached hydrogens (tertiary/aromatic N) is 1. The summed E-state index contributed by atoms with van der Waals surface area (Å²) in [6.07, 6.45) is 0. The quantitative estimate of drug-likeness (QED) is 0.857. The molecule has 0 bridgehead atoms. The van der Waals surface area contributed by atoms with Crippen LogP contribution in [-0.4, -0.2) is 19.1 Å². The minimum atomic E-state index is -2.91. The topological polar surface area (TPSA) is 71.3 Å². The maximum Gasteiger partial charge on any atom is 0.387 e. The third kappa shape index (κ3) is 5.11. The fourth-order valence-electron chi connectivity index (χ4n) is 1.75. The number of ether oxygens (including phenoxy) is 2. The van der Waals surface area contributed by atoms with Crippen molar-refractivity contribution in [3.05, 3.63) is 53.1 Å². The van der Waals surface area contributed by atoms with Gasteiger partial charge in [0.05, 0.1) is 16.7 Å². The van der Waals surface area contributed by atoms with E-state index in [1.54, 1.807) is 0 Å². The summed E-state index contributed by atoms with van der Waals surface area (Å²) in [4.78, 5) is 11.8. The van der Waals surface area contributed by atoms with Crippen LogP contribution in [0, 0.1) is 11.3 Å². The largest absolute Gasteiger partial charge is 0.482 e. The molecule has 0 heterocycles. The maximum atomic E-state index is 12.0. The summed E-state index contributed by atoms with van der Waals surface area (Å²) in [5.74, 6) is -0.201. The number of carbonyl (C=O) groups is 1. The van der Waals surface area contributed by atoms with E-state index >= 15 is 0 Å². The number of nitriles is 1. The molecule has 8 heteroatoms. The summed E-state index contributed by atoms with van der Waals surface area (Å²) in [5.41, 5.74) is 0.777. The summed E-state index contributed by atoms with van der Waals surface area (Å²) < 4.78 is 33.5. The van der Waals surface area contributed by atoms with Gasteiger partial charge in [-0.3, -0.25) is 4.79 Å². The van der Waals surface area contributed by atoms with Crippen LogP contribution in [-0.2, 0) is 4.79 Å². The first-order chi connectivity index (χ1) is 11.5. The second kappa shape index (κ2) is 8.13. The Morgan fingerprint density at radius 3 is 2.54 bits per heavy atom. The van der Waals surface area contributed by atoms with Crippen LogP contribution >= 0.6 is 11.6 Å². The summed E-state index contributed by atoms with van der Waals surface area (Å²) >= 11 is 5.93. The first kappa shape index (κ1) is 17.5. The Morgan fingerprint density at radius 2 is 1.96 bits per heavy atom. The number of benzene rings is 2. The highest BCUT2D eigenvalue weighted by Gasteiger charge is 2.08. The van der Waals surface area contributed by atoms with Crippen molar-refractivity contribution in [2.45, 2.75) is 6.61 Å². The van der Waals surface area contributed by atoms with Gasteiger partial charge < -0.3 is 14.8 Å². The number of hydrogen-bond donors (Lipinski definition) is 1. The molecule has 5 nitrogen and oxygen atoms in total. The normalized spacial score (nSPS) is 10.1. The highest BCUT2D eigenvalue weighted by molar-refractivity contribution is 6.32. The van der Waals surface area contributed by atoms with E-state index in [-0.39, 0.29) is 23.1 Å². The Morgan fingerprint density at radius 1 is 1.25 bits per heavy atom. The van der Waals surface area contributed by atoms with Crippen molar-refractivity contribution in [2.75, 3.05) is 11.9 Å². The van der Waals surface area contributed by atoms with E-state index < -0.39 is 12.5 Å². The average molecular weight is 353 g/mol. The molecule has 0 aliphatic rings. The molecule has 0 saturated heterocycles. The Hall–Kier alpha value is -2.85. The number of carbonyl (C=O) groups excluding carboxylic acids is 1. The van der Waals surface area contributed by atoms with E-state index in [0.29, 0.717) is 11.3 Å². The first-order valence-corrected chi connectivity index (χ1v) is 7.03. The lowest BCUT2D eigenvalue weighted by Gasteiger charge is -2.09. The van der Waals surface area contributed by atoms with Crippen LogP contribution < -0.4 is 14.8 Å². The fourth-order valence-corrected chi connectivity index (χ4v) is 1.98. The lowest BCUT2D eigenvalue weighted by atomic mass is 10.2. The molecule has 0 aliphatic heterocycles. The van der Waals surface area contributed by atoms with E-state index in [2.05, 4.69) is 10.1 Å². The van der Waals surface area contributed by atoms with Crippen molar-refractivity contribution >= 4 is 23.2 Å². The Kier molecular flexibility index (Phi) is 5.93. The number of halogens is 3. The zero-order valence-corrected chi connectivity index (χ0v) is 12.9. The lowest BCUT2D eigenvalue weighted by molar-refractivity contribution is -0.118. The molecule has 0 atom stereocenters. The SMILES string of the molecule is N#Cc1ccc(OCC(=O)Nc2ccc(OC(F)F)cc2)c(Cl)c1. The van der Waals surface area contributed by atoms with Crippen LogP contribution in [0.1, 0.15) is 5.56 Å². The van der Waals surface area contributed by atoms with E-state index in [9.17, 15) is 13.6 Å². The molecule has 0 spiro atoms. The van der Waals surface area contributed by atoms with E-state index in [1.807, 2.05) is 6.07 Å². The number of alkyl halides is 2. The first-order valence-electron chi connectivity index (χ1n) is 6.65. The maximum absolute atomic E-state index is 12.0. The van der Waals surface area contributed by atoms with E-state index in [4.69, 9.17) is 21.6 Å². The number of rotatable bonds is 6. The van der Waals surface area contributed by atoms with Crippen LogP contribution in [0.25, 0.3) is 0 Å². The second-order valence-corrected chi connectivity index (χ2v) is 4.90. The number of nitrogens with one attached hydrogen (secondary N) is 1. The highest BCUT2D eigenvalue weighted by Crippen LogP contribution is 2.25. The highest BCUT2D eigenvalue weighted by atomic mass is 35.5. The van der Waals surface area contributed by atoms with Gasteiger partial charge in [0.2, 0.25) is 0 Å². The molecule has 24 heavy (non-hydrogen) atoms. The van der Waals surface area contributed by atoms with Gasteiger partial charge in [0.1, 0.15) is 11.5 Å². The molecule has 124 valence electrons. The second-order valence-electron chi connectivity index (χ2n) is 4.50. The molecule has 1 amide bonds. The van der Waals surface area contributed by atoms with Crippen molar-refractivity contribution in [1.29, 1.82) is 5.26 Å². The molecule has 2 rings (SSSR count). The van der Waals surface area contributed by atoms with Crippen molar-refractivity contribution in [3.63, 3.8) is 0 Å². The molecular weight excluding hydrogens is 342 g/mol. The van der Waals surface area contributed by atoms with Gasteiger partial charge in [0.15, 0.2) is 6.61 Å². The molecule has 0 unspecified atom stereocenters. The van der Waals surface area contributed by atoms with E-state index in [1.165, 1.54) is 42.5 Å².